The molecule has 2 atom stereocenters. The molecule has 0 bridgehead atoms. The Bertz CT molecular complexity index is 1140. The maximum absolute atomic E-state index is 13.1. The number of carbonyl (C=O) groups is 2. The molecule has 5 rings (SSSR count). The molecular formula is C24H26N2O5S. The minimum atomic E-state index is -2.92. The first-order valence-corrected chi connectivity index (χ1v) is 12.8. The Labute approximate surface area is 187 Å². The zero-order valence-corrected chi connectivity index (χ0v) is 18.6. The Kier molecular flexibility index (Phi) is 5.51. The Morgan fingerprint density at radius 3 is 2.44 bits per heavy atom. The third-order valence-electron chi connectivity index (χ3n) is 6.72. The number of hydrogen-bond acceptors (Lipinski definition) is 6. The first-order chi connectivity index (χ1) is 15.4. The fraction of sp³-hybridized carbons (Fsp3) is 0.417. The summed E-state index contributed by atoms with van der Waals surface area (Å²) in [5.41, 5.74) is 2.85. The summed E-state index contributed by atoms with van der Waals surface area (Å²) in [5, 5.41) is 0. The molecule has 3 aliphatic rings. The molecule has 0 spiro atoms. The molecular weight excluding hydrogens is 428 g/mol. The maximum atomic E-state index is 13.1. The Morgan fingerprint density at radius 2 is 1.75 bits per heavy atom. The summed E-state index contributed by atoms with van der Waals surface area (Å²) < 4.78 is 29.2. The van der Waals surface area contributed by atoms with Gasteiger partial charge in [0.25, 0.3) is 5.91 Å². The van der Waals surface area contributed by atoms with Crippen LogP contribution in [0.25, 0.3) is 0 Å². The van der Waals surface area contributed by atoms with E-state index < -0.39 is 9.84 Å². The van der Waals surface area contributed by atoms with Gasteiger partial charge in [-0.05, 0) is 35.7 Å². The lowest BCUT2D eigenvalue weighted by Crippen LogP contribution is -2.52. The van der Waals surface area contributed by atoms with Crippen molar-refractivity contribution in [1.82, 2.24) is 9.80 Å². The quantitative estimate of drug-likeness (QED) is 0.661. The van der Waals surface area contributed by atoms with E-state index in [1.165, 1.54) is 0 Å². The van der Waals surface area contributed by atoms with Gasteiger partial charge in [-0.15, -0.1) is 0 Å². The van der Waals surface area contributed by atoms with Gasteiger partial charge in [0.05, 0.1) is 17.1 Å². The van der Waals surface area contributed by atoms with Gasteiger partial charge in [0.1, 0.15) is 6.10 Å². The van der Waals surface area contributed by atoms with E-state index in [-0.39, 0.29) is 35.5 Å². The maximum Gasteiger partial charge on any atom is 0.339 e. The van der Waals surface area contributed by atoms with Gasteiger partial charge in [-0.2, -0.15) is 0 Å². The van der Waals surface area contributed by atoms with E-state index in [9.17, 15) is 18.0 Å². The minimum absolute atomic E-state index is 0.0540. The summed E-state index contributed by atoms with van der Waals surface area (Å²) in [6, 6.07) is 14.9. The summed E-state index contributed by atoms with van der Waals surface area (Å²) in [4.78, 5) is 29.7. The van der Waals surface area contributed by atoms with Gasteiger partial charge in [-0.1, -0.05) is 30.3 Å². The summed E-state index contributed by atoms with van der Waals surface area (Å²) >= 11 is 0. The molecule has 0 radical (unpaired) electrons. The Morgan fingerprint density at radius 1 is 1.00 bits per heavy atom. The molecule has 2 aromatic rings. The molecule has 0 N–H and O–H groups in total. The van der Waals surface area contributed by atoms with Crippen LogP contribution in [0.3, 0.4) is 0 Å². The van der Waals surface area contributed by atoms with Crippen molar-refractivity contribution in [3.05, 3.63) is 70.8 Å². The van der Waals surface area contributed by atoms with Crippen LogP contribution in [-0.4, -0.2) is 73.8 Å². The molecule has 3 heterocycles. The second-order valence-corrected chi connectivity index (χ2v) is 11.0. The normalized spacial score (nSPS) is 25.2. The van der Waals surface area contributed by atoms with Crippen molar-refractivity contribution in [2.75, 3.05) is 37.7 Å². The van der Waals surface area contributed by atoms with E-state index in [0.717, 1.165) is 11.1 Å². The van der Waals surface area contributed by atoms with Crippen molar-refractivity contribution in [3.8, 4) is 0 Å². The molecule has 0 aromatic heterocycles. The second kappa shape index (κ2) is 8.33. The number of esters is 1. The highest BCUT2D eigenvalue weighted by Crippen LogP contribution is 2.31. The third-order valence-corrected chi connectivity index (χ3v) is 8.47. The molecule has 2 fully saturated rings. The Hall–Kier alpha value is -2.71. The van der Waals surface area contributed by atoms with Crippen molar-refractivity contribution in [3.63, 3.8) is 0 Å². The highest BCUT2D eigenvalue weighted by Gasteiger charge is 2.35. The summed E-state index contributed by atoms with van der Waals surface area (Å²) in [7, 11) is -2.92. The molecule has 3 aliphatic heterocycles. The zero-order valence-electron chi connectivity index (χ0n) is 17.8. The van der Waals surface area contributed by atoms with E-state index >= 15 is 0 Å². The molecule has 0 unspecified atom stereocenters. The van der Waals surface area contributed by atoms with Crippen molar-refractivity contribution in [1.29, 1.82) is 0 Å². The Balaban J connectivity index is 1.27. The van der Waals surface area contributed by atoms with Crippen molar-refractivity contribution < 1.29 is 22.7 Å². The highest BCUT2D eigenvalue weighted by molar-refractivity contribution is 7.91. The summed E-state index contributed by atoms with van der Waals surface area (Å²) in [5.74, 6) is 0.0731. The van der Waals surface area contributed by atoms with Gasteiger partial charge >= 0.3 is 5.97 Å². The first kappa shape index (κ1) is 21.2. The number of carbonyl (C=O) groups excluding carboxylic acids is 2. The second-order valence-electron chi connectivity index (χ2n) is 8.77. The number of hydrogen-bond donors (Lipinski definition) is 0. The monoisotopic (exact) mass is 454 g/mol. The fourth-order valence-corrected chi connectivity index (χ4v) is 6.68. The number of fused-ring (bicyclic) bond motifs is 1. The van der Waals surface area contributed by atoms with Crippen LogP contribution in [0.15, 0.2) is 48.5 Å². The van der Waals surface area contributed by atoms with E-state index in [2.05, 4.69) is 4.90 Å². The van der Waals surface area contributed by atoms with Gasteiger partial charge in [-0.3, -0.25) is 9.69 Å². The first-order valence-electron chi connectivity index (χ1n) is 11.0. The lowest BCUT2D eigenvalue weighted by molar-refractivity contribution is 0.0252. The number of nitrogens with zero attached hydrogens (tertiary/aromatic N) is 2. The number of sulfone groups is 1. The van der Waals surface area contributed by atoms with Crippen LogP contribution < -0.4 is 0 Å². The number of cyclic esters (lactones) is 1. The van der Waals surface area contributed by atoms with Gasteiger partial charge in [-0.25, -0.2) is 13.2 Å². The van der Waals surface area contributed by atoms with Crippen LogP contribution in [0.5, 0.6) is 0 Å². The number of ether oxygens (including phenoxy) is 1. The zero-order chi connectivity index (χ0) is 22.3. The summed E-state index contributed by atoms with van der Waals surface area (Å²) in [6.45, 7) is 2.50. The number of benzene rings is 2. The third kappa shape index (κ3) is 4.17. The minimum Gasteiger partial charge on any atom is -0.454 e. The highest BCUT2D eigenvalue weighted by atomic mass is 32.2. The van der Waals surface area contributed by atoms with Crippen molar-refractivity contribution in [2.45, 2.75) is 25.0 Å². The molecule has 0 aliphatic carbocycles. The molecule has 2 saturated heterocycles. The molecule has 8 heteroatoms. The molecule has 2 aromatic carbocycles. The van der Waals surface area contributed by atoms with Crippen molar-refractivity contribution in [2.24, 2.45) is 0 Å². The van der Waals surface area contributed by atoms with Crippen LogP contribution in [-0.2, 0) is 21.0 Å². The topological polar surface area (TPSA) is 84.0 Å². The lowest BCUT2D eigenvalue weighted by atomic mass is 9.93. The van der Waals surface area contributed by atoms with Gasteiger partial charge in [0.2, 0.25) is 0 Å². The van der Waals surface area contributed by atoms with E-state index in [1.54, 1.807) is 12.1 Å². The average Bonchev–Trinajstić information content (AvgIpc) is 3.18. The van der Waals surface area contributed by atoms with E-state index in [0.29, 0.717) is 50.1 Å². The number of piperazine rings is 1. The van der Waals surface area contributed by atoms with Gasteiger partial charge in [0, 0.05) is 44.2 Å². The van der Waals surface area contributed by atoms with Gasteiger partial charge in [0.15, 0.2) is 9.84 Å². The molecule has 32 heavy (non-hydrogen) atoms. The van der Waals surface area contributed by atoms with E-state index in [4.69, 9.17) is 4.74 Å². The predicted octanol–water partition coefficient (Wildman–Crippen LogP) is 2.09. The van der Waals surface area contributed by atoms with Crippen LogP contribution in [0, 0.1) is 0 Å². The van der Waals surface area contributed by atoms with Crippen LogP contribution in [0.1, 0.15) is 44.4 Å². The molecule has 1 amide bonds. The molecule has 7 nitrogen and oxygen atoms in total. The standard InChI is InChI=1S/C24H26N2O5S/c27-23(26-11-9-25(10-12-26)20-8-13-32(29,30)16-20)18-6-7-21-19(14-18)15-22(31-24(21)28)17-4-2-1-3-5-17/h1-7,14,20,22H,8-13,15-16H2/t20-,22-/m1/s1. The largest absolute Gasteiger partial charge is 0.454 e. The smallest absolute Gasteiger partial charge is 0.339 e. The fourth-order valence-electron chi connectivity index (χ4n) is 4.92. The molecule has 0 saturated carbocycles. The number of amides is 1. The van der Waals surface area contributed by atoms with Crippen LogP contribution in [0.4, 0.5) is 0 Å². The average molecular weight is 455 g/mol. The van der Waals surface area contributed by atoms with Crippen molar-refractivity contribution >= 4 is 21.7 Å². The lowest BCUT2D eigenvalue weighted by Gasteiger charge is -2.37. The van der Waals surface area contributed by atoms with Gasteiger partial charge < -0.3 is 9.64 Å². The predicted molar refractivity (Wildman–Crippen MR) is 119 cm³/mol. The molecule has 168 valence electrons. The van der Waals surface area contributed by atoms with E-state index in [1.807, 2.05) is 41.3 Å². The summed E-state index contributed by atoms with van der Waals surface area (Å²) in [6.07, 6.45) is 0.864. The SMILES string of the molecule is O=C1O[C@@H](c2ccccc2)Cc2cc(C(=O)N3CCN([C@@H]4CCS(=O)(=O)C4)CC3)ccc21. The van der Waals surface area contributed by atoms with Crippen LogP contribution in [0.2, 0.25) is 0 Å². The number of rotatable bonds is 3. The van der Waals surface area contributed by atoms with Crippen LogP contribution >= 0.6 is 0 Å².